The second kappa shape index (κ2) is 6.75. The fraction of sp³-hybridized carbons (Fsp3) is 0.417. The van der Waals surface area contributed by atoms with Gasteiger partial charge in [-0.25, -0.2) is 0 Å². The monoisotopic (exact) mass is 238 g/mol. The van der Waals surface area contributed by atoms with Crippen molar-refractivity contribution in [3.63, 3.8) is 0 Å². The van der Waals surface area contributed by atoms with Crippen LogP contribution >= 0.6 is 0 Å². The van der Waals surface area contributed by atoms with E-state index in [0.717, 1.165) is 0 Å². The van der Waals surface area contributed by atoms with Crippen molar-refractivity contribution in [1.82, 2.24) is 5.32 Å². The minimum absolute atomic E-state index is 0.0649. The number of nitrogens with two attached hydrogens (primary N) is 1. The van der Waals surface area contributed by atoms with Gasteiger partial charge in [-0.1, -0.05) is 0 Å². The van der Waals surface area contributed by atoms with E-state index in [4.69, 9.17) is 15.6 Å². The summed E-state index contributed by atoms with van der Waals surface area (Å²) < 4.78 is 5.37. The van der Waals surface area contributed by atoms with Crippen molar-refractivity contribution in [1.29, 1.82) is 0 Å². The molecule has 1 unspecified atom stereocenters. The number of amides is 1. The molecule has 1 amide bonds. The van der Waals surface area contributed by atoms with Gasteiger partial charge in [-0.2, -0.15) is 0 Å². The average Bonchev–Trinajstić information content (AvgIpc) is 2.31. The number of nitrogens with one attached hydrogen (secondary N) is 1. The molecule has 17 heavy (non-hydrogen) atoms. The molecule has 1 atom stereocenters. The number of benzene rings is 1. The summed E-state index contributed by atoms with van der Waals surface area (Å²) in [5.41, 5.74) is 6.20. The number of hydrogen-bond donors (Lipinski definition) is 3. The van der Waals surface area contributed by atoms with Crippen LogP contribution in [-0.4, -0.2) is 30.3 Å². The van der Waals surface area contributed by atoms with Gasteiger partial charge >= 0.3 is 0 Å². The maximum absolute atomic E-state index is 11.3. The van der Waals surface area contributed by atoms with E-state index in [1.807, 2.05) is 0 Å². The number of aliphatic hydroxyl groups excluding tert-OH is 1. The van der Waals surface area contributed by atoms with E-state index < -0.39 is 0 Å². The van der Waals surface area contributed by atoms with Crippen molar-refractivity contribution in [3.8, 4) is 5.75 Å². The zero-order chi connectivity index (χ0) is 12.7. The summed E-state index contributed by atoms with van der Waals surface area (Å²) >= 11 is 0. The third-order valence-electron chi connectivity index (χ3n) is 2.16. The van der Waals surface area contributed by atoms with Crippen LogP contribution in [0.1, 0.15) is 13.3 Å². The lowest BCUT2D eigenvalue weighted by Crippen LogP contribution is -2.35. The molecule has 0 radical (unpaired) electrons. The molecule has 0 saturated heterocycles. The molecular weight excluding hydrogens is 220 g/mol. The standard InChI is InChI=1S/C12H18N2O3/c1-9(8-15)14-12(16)6-7-17-11-4-2-10(13)3-5-11/h2-5,9,15H,6-8,13H2,1H3,(H,14,16). The minimum Gasteiger partial charge on any atom is -0.493 e. The van der Waals surface area contributed by atoms with Crippen LogP contribution in [0.4, 0.5) is 5.69 Å². The molecule has 0 aliphatic carbocycles. The average molecular weight is 238 g/mol. The first kappa shape index (κ1) is 13.3. The van der Waals surface area contributed by atoms with E-state index in [1.165, 1.54) is 0 Å². The lowest BCUT2D eigenvalue weighted by atomic mass is 10.3. The normalized spacial score (nSPS) is 11.9. The van der Waals surface area contributed by atoms with Gasteiger partial charge in [0.05, 0.1) is 19.6 Å². The van der Waals surface area contributed by atoms with Crippen LogP contribution in [0, 0.1) is 0 Å². The summed E-state index contributed by atoms with van der Waals surface area (Å²) in [5, 5.41) is 11.4. The highest BCUT2D eigenvalue weighted by molar-refractivity contribution is 5.76. The molecule has 94 valence electrons. The zero-order valence-electron chi connectivity index (χ0n) is 9.85. The van der Waals surface area contributed by atoms with Crippen molar-refractivity contribution >= 4 is 11.6 Å². The van der Waals surface area contributed by atoms with Crippen LogP contribution in [0.25, 0.3) is 0 Å². The minimum atomic E-state index is -0.223. The Morgan fingerprint density at radius 3 is 2.71 bits per heavy atom. The second-order valence-electron chi connectivity index (χ2n) is 3.82. The number of carbonyl (C=O) groups is 1. The SMILES string of the molecule is CC(CO)NC(=O)CCOc1ccc(N)cc1. The molecule has 0 aromatic heterocycles. The number of hydrogen-bond acceptors (Lipinski definition) is 4. The Balaban J connectivity index is 2.23. The van der Waals surface area contributed by atoms with E-state index in [2.05, 4.69) is 5.32 Å². The smallest absolute Gasteiger partial charge is 0.223 e. The summed E-state index contributed by atoms with van der Waals surface area (Å²) in [6.45, 7) is 1.97. The van der Waals surface area contributed by atoms with Crippen LogP contribution in [-0.2, 0) is 4.79 Å². The molecule has 5 heteroatoms. The number of carbonyl (C=O) groups excluding carboxylic acids is 1. The van der Waals surface area contributed by atoms with Crippen molar-refractivity contribution in [2.45, 2.75) is 19.4 Å². The number of ether oxygens (including phenoxy) is 1. The molecular formula is C12H18N2O3. The van der Waals surface area contributed by atoms with Gasteiger partial charge in [0.15, 0.2) is 0 Å². The molecule has 1 rings (SSSR count). The lowest BCUT2D eigenvalue weighted by Gasteiger charge is -2.11. The van der Waals surface area contributed by atoms with Crippen LogP contribution in [0.15, 0.2) is 24.3 Å². The van der Waals surface area contributed by atoms with Gasteiger partial charge in [-0.15, -0.1) is 0 Å². The highest BCUT2D eigenvalue weighted by Crippen LogP contribution is 2.12. The third kappa shape index (κ3) is 5.21. The van der Waals surface area contributed by atoms with Crippen molar-refractivity contribution < 1.29 is 14.6 Å². The van der Waals surface area contributed by atoms with Crippen molar-refractivity contribution in [3.05, 3.63) is 24.3 Å². The second-order valence-corrected chi connectivity index (χ2v) is 3.82. The molecule has 1 aromatic carbocycles. The molecule has 0 aliphatic heterocycles. The van der Waals surface area contributed by atoms with Crippen molar-refractivity contribution in [2.75, 3.05) is 18.9 Å². The fourth-order valence-corrected chi connectivity index (χ4v) is 1.22. The van der Waals surface area contributed by atoms with Gasteiger partial charge in [0.1, 0.15) is 5.75 Å². The molecule has 0 saturated carbocycles. The van der Waals surface area contributed by atoms with E-state index in [0.29, 0.717) is 18.0 Å². The first-order chi connectivity index (χ1) is 8.11. The summed E-state index contributed by atoms with van der Waals surface area (Å²) in [4.78, 5) is 11.3. The summed E-state index contributed by atoms with van der Waals surface area (Å²) in [6, 6.07) is 6.76. The summed E-state index contributed by atoms with van der Waals surface area (Å²) in [6.07, 6.45) is 0.259. The number of nitrogen functional groups attached to an aromatic ring is 1. The Labute approximate surface area is 101 Å². The Bertz CT molecular complexity index is 351. The molecule has 1 aromatic rings. The van der Waals surface area contributed by atoms with Gasteiger partial charge in [-0.3, -0.25) is 4.79 Å². The zero-order valence-corrected chi connectivity index (χ0v) is 9.85. The molecule has 0 heterocycles. The van der Waals surface area contributed by atoms with Gasteiger partial charge in [0, 0.05) is 11.7 Å². The third-order valence-corrected chi connectivity index (χ3v) is 2.16. The fourth-order valence-electron chi connectivity index (χ4n) is 1.22. The molecule has 0 aliphatic rings. The summed E-state index contributed by atoms with van der Waals surface area (Å²) in [7, 11) is 0. The van der Waals surface area contributed by atoms with Gasteiger partial charge in [0.25, 0.3) is 0 Å². The molecule has 0 fully saturated rings. The number of aliphatic hydroxyl groups is 1. The predicted molar refractivity (Wildman–Crippen MR) is 65.7 cm³/mol. The Morgan fingerprint density at radius 2 is 2.12 bits per heavy atom. The number of rotatable bonds is 6. The first-order valence-electron chi connectivity index (χ1n) is 5.50. The van der Waals surface area contributed by atoms with Gasteiger partial charge in [-0.05, 0) is 31.2 Å². The largest absolute Gasteiger partial charge is 0.493 e. The number of anilines is 1. The quantitative estimate of drug-likeness (QED) is 0.631. The maximum Gasteiger partial charge on any atom is 0.223 e. The Hall–Kier alpha value is -1.75. The van der Waals surface area contributed by atoms with Crippen LogP contribution in [0.3, 0.4) is 0 Å². The Kier molecular flexibility index (Phi) is 5.29. The van der Waals surface area contributed by atoms with Crippen LogP contribution in [0.5, 0.6) is 5.75 Å². The van der Waals surface area contributed by atoms with E-state index >= 15 is 0 Å². The molecule has 0 spiro atoms. The van der Waals surface area contributed by atoms with Crippen LogP contribution in [0.2, 0.25) is 0 Å². The maximum atomic E-state index is 11.3. The first-order valence-corrected chi connectivity index (χ1v) is 5.50. The van der Waals surface area contributed by atoms with E-state index in [9.17, 15) is 4.79 Å². The molecule has 5 nitrogen and oxygen atoms in total. The molecule has 4 N–H and O–H groups in total. The van der Waals surface area contributed by atoms with E-state index in [-0.39, 0.29) is 25.0 Å². The van der Waals surface area contributed by atoms with Gasteiger partial charge < -0.3 is 20.9 Å². The van der Waals surface area contributed by atoms with Crippen LogP contribution < -0.4 is 15.8 Å². The molecule has 0 bridgehead atoms. The summed E-state index contributed by atoms with van der Waals surface area (Å²) in [5.74, 6) is 0.546. The highest BCUT2D eigenvalue weighted by atomic mass is 16.5. The van der Waals surface area contributed by atoms with Crippen molar-refractivity contribution in [2.24, 2.45) is 0 Å². The Morgan fingerprint density at radius 1 is 1.47 bits per heavy atom. The van der Waals surface area contributed by atoms with E-state index in [1.54, 1.807) is 31.2 Å². The van der Waals surface area contributed by atoms with Gasteiger partial charge in [0.2, 0.25) is 5.91 Å². The lowest BCUT2D eigenvalue weighted by molar-refractivity contribution is -0.122. The highest BCUT2D eigenvalue weighted by Gasteiger charge is 2.05. The topological polar surface area (TPSA) is 84.6 Å². The predicted octanol–water partition coefficient (Wildman–Crippen LogP) is 0.535.